The number of nitrogens with one attached hydrogen (secondary N) is 2. The molecule has 37 heavy (non-hydrogen) atoms. The van der Waals surface area contributed by atoms with Crippen LogP contribution >= 0.6 is 0 Å². The molecule has 1 aliphatic rings. The molecule has 1 aromatic heterocycles. The van der Waals surface area contributed by atoms with E-state index in [-0.39, 0.29) is 11.3 Å². The van der Waals surface area contributed by atoms with Crippen molar-refractivity contribution in [1.29, 1.82) is 0 Å². The number of unbranched alkanes of at least 4 members (excludes halogenated alkanes) is 3. The van der Waals surface area contributed by atoms with Gasteiger partial charge in [0.05, 0.1) is 18.2 Å². The number of piperidine rings is 1. The Morgan fingerprint density at radius 1 is 1.03 bits per heavy atom. The molecule has 200 valence electrons. The van der Waals surface area contributed by atoms with Gasteiger partial charge in [0.1, 0.15) is 11.5 Å². The number of fused-ring (bicyclic) bond motifs is 1. The molecule has 1 fully saturated rings. The summed E-state index contributed by atoms with van der Waals surface area (Å²) < 4.78 is 5.92. The maximum atomic E-state index is 11.6. The summed E-state index contributed by atoms with van der Waals surface area (Å²) in [5, 5.41) is 24.6. The molecular formula is C30H41N3O4. The fraction of sp³-hybridized carbons (Fsp3) is 0.500. The van der Waals surface area contributed by atoms with Crippen molar-refractivity contribution in [2.24, 2.45) is 5.92 Å². The molecule has 0 radical (unpaired) electrons. The van der Waals surface area contributed by atoms with Crippen molar-refractivity contribution < 1.29 is 14.9 Å². The summed E-state index contributed by atoms with van der Waals surface area (Å²) in [6.07, 6.45) is 6.14. The normalized spacial score (nSPS) is 15.7. The van der Waals surface area contributed by atoms with Crippen molar-refractivity contribution in [3.8, 4) is 11.5 Å². The number of hydrogen-bond donors (Lipinski definition) is 4. The van der Waals surface area contributed by atoms with E-state index in [1.54, 1.807) is 12.1 Å². The van der Waals surface area contributed by atoms with E-state index in [2.05, 4.69) is 46.4 Å². The van der Waals surface area contributed by atoms with Gasteiger partial charge in [-0.2, -0.15) is 0 Å². The first kappa shape index (κ1) is 27.2. The Labute approximate surface area is 219 Å². The molecule has 0 saturated carbocycles. The first-order valence-corrected chi connectivity index (χ1v) is 13.7. The largest absolute Gasteiger partial charge is 0.506 e. The Bertz CT molecular complexity index is 1170. The van der Waals surface area contributed by atoms with Crippen molar-refractivity contribution in [3.05, 3.63) is 70.0 Å². The van der Waals surface area contributed by atoms with Gasteiger partial charge in [0.2, 0.25) is 5.56 Å². The van der Waals surface area contributed by atoms with Crippen LogP contribution in [0.3, 0.4) is 0 Å². The molecule has 7 nitrogen and oxygen atoms in total. The number of ether oxygens (including phenoxy) is 1. The van der Waals surface area contributed by atoms with Crippen LogP contribution in [0.1, 0.15) is 62.7 Å². The number of nitrogens with zero attached hydrogens (tertiary/aromatic N) is 1. The van der Waals surface area contributed by atoms with Gasteiger partial charge in [-0.05, 0) is 86.6 Å². The topological polar surface area (TPSA) is 97.8 Å². The lowest BCUT2D eigenvalue weighted by Crippen LogP contribution is -2.32. The molecule has 0 unspecified atom stereocenters. The third-order valence-corrected chi connectivity index (χ3v) is 7.33. The van der Waals surface area contributed by atoms with Crippen LogP contribution in [0.4, 0.5) is 0 Å². The number of aromatic amines is 1. The number of H-pyrrole nitrogens is 1. The van der Waals surface area contributed by atoms with Gasteiger partial charge in [-0.1, -0.05) is 38.0 Å². The molecule has 2 aromatic carbocycles. The maximum Gasteiger partial charge on any atom is 0.248 e. The number of hydrogen-bond acceptors (Lipinski definition) is 6. The molecular weight excluding hydrogens is 466 g/mol. The zero-order valence-electron chi connectivity index (χ0n) is 21.9. The molecule has 0 amide bonds. The van der Waals surface area contributed by atoms with Gasteiger partial charge in [0.25, 0.3) is 0 Å². The minimum atomic E-state index is -0.725. The lowest BCUT2D eigenvalue weighted by atomic mass is 9.99. The molecule has 0 aliphatic carbocycles. The van der Waals surface area contributed by atoms with E-state index < -0.39 is 6.10 Å². The minimum Gasteiger partial charge on any atom is -0.506 e. The summed E-state index contributed by atoms with van der Waals surface area (Å²) in [6, 6.07) is 14.8. The molecule has 1 atom stereocenters. The van der Waals surface area contributed by atoms with E-state index >= 15 is 0 Å². The monoisotopic (exact) mass is 507 g/mol. The number of aromatic hydroxyl groups is 1. The van der Waals surface area contributed by atoms with Crippen LogP contribution in [0.5, 0.6) is 11.5 Å². The van der Waals surface area contributed by atoms with Gasteiger partial charge in [-0.15, -0.1) is 0 Å². The molecule has 0 spiro atoms. The number of pyridine rings is 1. The molecule has 4 rings (SSSR count). The summed E-state index contributed by atoms with van der Waals surface area (Å²) in [6.45, 7) is 7.75. The average molecular weight is 508 g/mol. The van der Waals surface area contributed by atoms with E-state index in [9.17, 15) is 15.0 Å². The Morgan fingerprint density at radius 2 is 1.78 bits per heavy atom. The highest BCUT2D eigenvalue weighted by molar-refractivity contribution is 5.87. The highest BCUT2D eigenvalue weighted by Gasteiger charge is 2.16. The second-order valence-electron chi connectivity index (χ2n) is 10.4. The molecule has 7 heteroatoms. The molecule has 4 N–H and O–H groups in total. The first-order chi connectivity index (χ1) is 18.0. The molecule has 2 heterocycles. The van der Waals surface area contributed by atoms with Crippen molar-refractivity contribution in [1.82, 2.24) is 15.2 Å². The highest BCUT2D eigenvalue weighted by Crippen LogP contribution is 2.28. The van der Waals surface area contributed by atoms with Crippen molar-refractivity contribution in [3.63, 3.8) is 0 Å². The maximum absolute atomic E-state index is 11.6. The van der Waals surface area contributed by atoms with Crippen LogP contribution in [-0.2, 0) is 6.54 Å². The number of benzene rings is 2. The zero-order chi connectivity index (χ0) is 26.0. The van der Waals surface area contributed by atoms with Crippen LogP contribution in [-0.4, -0.2) is 52.9 Å². The van der Waals surface area contributed by atoms with Crippen LogP contribution in [0.2, 0.25) is 0 Å². The SMILES string of the molecule is CC1CCN(Cc2ccc(OCCCCCCNC[C@H](O)c3ccc(O)c4[nH]c(=O)ccc34)cc2)CC1. The molecule has 1 aliphatic heterocycles. The second kappa shape index (κ2) is 13.6. The van der Waals surface area contributed by atoms with Crippen LogP contribution in [0.25, 0.3) is 10.9 Å². The number of rotatable bonds is 13. The quantitative estimate of drug-likeness (QED) is 0.250. The molecule has 3 aromatic rings. The van der Waals surface area contributed by atoms with Crippen LogP contribution in [0.15, 0.2) is 53.3 Å². The van der Waals surface area contributed by atoms with Gasteiger partial charge >= 0.3 is 0 Å². The first-order valence-electron chi connectivity index (χ1n) is 13.7. The summed E-state index contributed by atoms with van der Waals surface area (Å²) in [5.74, 6) is 1.81. The Kier molecular flexibility index (Phi) is 9.99. The van der Waals surface area contributed by atoms with E-state index in [0.717, 1.165) is 57.0 Å². The lowest BCUT2D eigenvalue weighted by Gasteiger charge is -2.30. The van der Waals surface area contributed by atoms with Crippen molar-refractivity contribution in [2.75, 3.05) is 32.8 Å². The standard InChI is InChI=1S/C30H41N3O4/c1-22-14-17-33(18-15-22)21-23-6-8-24(9-7-23)37-19-5-3-2-4-16-31-20-28(35)25-10-12-27(34)30-26(25)11-13-29(36)32-30/h6-13,22,28,31,34-35H,2-5,14-21H2,1H3,(H,32,36)/t28-/m0/s1. The number of aliphatic hydroxyl groups is 1. The highest BCUT2D eigenvalue weighted by atomic mass is 16.5. The fourth-order valence-electron chi connectivity index (χ4n) is 4.96. The van der Waals surface area contributed by atoms with Gasteiger partial charge in [0, 0.05) is 24.5 Å². The predicted octanol–water partition coefficient (Wildman–Crippen LogP) is 4.73. The number of aromatic nitrogens is 1. The Morgan fingerprint density at radius 3 is 2.57 bits per heavy atom. The van der Waals surface area contributed by atoms with Gasteiger partial charge in [-0.3, -0.25) is 9.69 Å². The Hall–Kier alpha value is -2.87. The van der Waals surface area contributed by atoms with Gasteiger partial charge in [0.15, 0.2) is 0 Å². The van der Waals surface area contributed by atoms with E-state index in [4.69, 9.17) is 4.74 Å². The third-order valence-electron chi connectivity index (χ3n) is 7.33. The minimum absolute atomic E-state index is 0.000165. The van der Waals surface area contributed by atoms with Crippen molar-refractivity contribution in [2.45, 2.75) is 58.1 Å². The summed E-state index contributed by atoms with van der Waals surface area (Å²) in [5.41, 5.74) is 2.11. The zero-order valence-corrected chi connectivity index (χ0v) is 21.9. The number of phenolic OH excluding ortho intramolecular Hbond substituents is 1. The summed E-state index contributed by atoms with van der Waals surface area (Å²) >= 11 is 0. The van der Waals surface area contributed by atoms with E-state index in [1.165, 1.54) is 43.6 Å². The predicted molar refractivity (Wildman–Crippen MR) is 148 cm³/mol. The number of phenols is 1. The number of aliphatic hydroxyl groups excluding tert-OH is 1. The van der Waals surface area contributed by atoms with Crippen molar-refractivity contribution >= 4 is 10.9 Å². The molecule has 0 bridgehead atoms. The average Bonchev–Trinajstić information content (AvgIpc) is 2.90. The third kappa shape index (κ3) is 8.06. The Balaban J connectivity index is 1.06. The second-order valence-corrected chi connectivity index (χ2v) is 10.4. The number of likely N-dealkylation sites (tertiary alicyclic amines) is 1. The van der Waals surface area contributed by atoms with Gasteiger partial charge in [-0.25, -0.2) is 0 Å². The van der Waals surface area contributed by atoms with Crippen LogP contribution in [0, 0.1) is 5.92 Å². The van der Waals surface area contributed by atoms with E-state index in [1.807, 2.05) is 0 Å². The van der Waals surface area contributed by atoms with E-state index in [0.29, 0.717) is 23.0 Å². The lowest BCUT2D eigenvalue weighted by molar-refractivity contribution is 0.176. The summed E-state index contributed by atoms with van der Waals surface area (Å²) in [4.78, 5) is 16.7. The fourth-order valence-corrected chi connectivity index (χ4v) is 4.96. The van der Waals surface area contributed by atoms with Gasteiger partial charge < -0.3 is 25.3 Å². The smallest absolute Gasteiger partial charge is 0.248 e. The van der Waals surface area contributed by atoms with Crippen LogP contribution < -0.4 is 15.6 Å². The summed E-state index contributed by atoms with van der Waals surface area (Å²) in [7, 11) is 0. The molecule has 1 saturated heterocycles.